The molecule has 5 rings (SSSR count). The maximum atomic E-state index is 12.1. The smallest absolute Gasteiger partial charge is 0.250 e. The largest absolute Gasteiger partial charge is 0.354 e. The Balaban J connectivity index is 1.37. The standard InChI is InChI=1S/C25H25N5O2/c1-16(2)30-15-19(7-10-25(30)31)22-13-26-14-23(28-22)24-11-21(29-32-24)18-5-3-17(4-6-18)12-27-20-8-9-20/h3-7,10-11,13-16,20,27H,8-9,12H2,1-2H3. The van der Waals surface area contributed by atoms with Crippen molar-refractivity contribution in [3.8, 4) is 34.0 Å². The first kappa shape index (κ1) is 20.3. The van der Waals surface area contributed by atoms with Crippen molar-refractivity contribution in [2.45, 2.75) is 45.3 Å². The average molecular weight is 428 g/mol. The highest BCUT2D eigenvalue weighted by atomic mass is 16.5. The fraction of sp³-hybridized carbons (Fsp3) is 0.280. The molecule has 0 saturated heterocycles. The van der Waals surface area contributed by atoms with Crippen LogP contribution >= 0.6 is 0 Å². The highest BCUT2D eigenvalue weighted by Crippen LogP contribution is 2.27. The first-order valence-electron chi connectivity index (χ1n) is 10.9. The van der Waals surface area contributed by atoms with Crippen LogP contribution in [0, 0.1) is 0 Å². The Morgan fingerprint density at radius 3 is 2.53 bits per heavy atom. The van der Waals surface area contributed by atoms with Gasteiger partial charge in [0.1, 0.15) is 11.4 Å². The van der Waals surface area contributed by atoms with Crippen LogP contribution in [0.5, 0.6) is 0 Å². The minimum absolute atomic E-state index is 0.0397. The molecule has 32 heavy (non-hydrogen) atoms. The fourth-order valence-electron chi connectivity index (χ4n) is 3.56. The first-order valence-corrected chi connectivity index (χ1v) is 10.9. The van der Waals surface area contributed by atoms with Crippen molar-refractivity contribution in [1.82, 2.24) is 25.0 Å². The van der Waals surface area contributed by atoms with Gasteiger partial charge in [-0.3, -0.25) is 9.78 Å². The van der Waals surface area contributed by atoms with E-state index in [1.807, 2.05) is 26.1 Å². The first-order chi connectivity index (χ1) is 15.6. The molecule has 1 aliphatic carbocycles. The minimum Gasteiger partial charge on any atom is -0.354 e. The molecule has 3 aromatic heterocycles. The van der Waals surface area contributed by atoms with Gasteiger partial charge in [-0.1, -0.05) is 29.4 Å². The van der Waals surface area contributed by atoms with E-state index in [-0.39, 0.29) is 11.6 Å². The molecule has 4 aromatic rings. The second-order valence-electron chi connectivity index (χ2n) is 8.48. The van der Waals surface area contributed by atoms with E-state index in [9.17, 15) is 4.79 Å². The van der Waals surface area contributed by atoms with Crippen molar-refractivity contribution >= 4 is 0 Å². The van der Waals surface area contributed by atoms with Crippen molar-refractivity contribution in [3.63, 3.8) is 0 Å². The lowest BCUT2D eigenvalue weighted by atomic mass is 10.1. The van der Waals surface area contributed by atoms with Gasteiger partial charge in [-0.05, 0) is 38.3 Å². The number of hydrogen-bond donors (Lipinski definition) is 1. The molecule has 0 bridgehead atoms. The molecule has 1 N–H and O–H groups in total. The van der Waals surface area contributed by atoms with Gasteiger partial charge in [0.05, 0.1) is 18.1 Å². The summed E-state index contributed by atoms with van der Waals surface area (Å²) in [4.78, 5) is 21.1. The van der Waals surface area contributed by atoms with Crippen LogP contribution in [0.3, 0.4) is 0 Å². The van der Waals surface area contributed by atoms with Crippen LogP contribution in [0.1, 0.15) is 38.3 Å². The molecule has 0 spiro atoms. The zero-order valence-electron chi connectivity index (χ0n) is 18.2. The molecular formula is C25H25N5O2. The molecule has 1 fully saturated rings. The summed E-state index contributed by atoms with van der Waals surface area (Å²) in [6.07, 6.45) is 7.71. The predicted molar refractivity (Wildman–Crippen MR) is 123 cm³/mol. The Bertz CT molecular complexity index is 1290. The fourth-order valence-corrected chi connectivity index (χ4v) is 3.56. The molecule has 0 radical (unpaired) electrons. The van der Waals surface area contributed by atoms with E-state index in [1.165, 1.54) is 18.4 Å². The van der Waals surface area contributed by atoms with E-state index in [1.54, 1.807) is 29.1 Å². The number of benzene rings is 1. The zero-order chi connectivity index (χ0) is 22.1. The van der Waals surface area contributed by atoms with E-state index in [0.29, 0.717) is 23.2 Å². The highest BCUT2D eigenvalue weighted by molar-refractivity contribution is 5.66. The number of pyridine rings is 1. The van der Waals surface area contributed by atoms with Gasteiger partial charge < -0.3 is 14.4 Å². The summed E-state index contributed by atoms with van der Waals surface area (Å²) >= 11 is 0. The molecule has 1 aliphatic rings. The SMILES string of the molecule is CC(C)n1cc(-c2cncc(-c3cc(-c4ccc(CNC5CC5)cc4)no3)n2)ccc1=O. The second-order valence-corrected chi connectivity index (χ2v) is 8.48. The topological polar surface area (TPSA) is 85.8 Å². The van der Waals surface area contributed by atoms with Crippen LogP contribution in [0.4, 0.5) is 0 Å². The number of aromatic nitrogens is 4. The number of nitrogens with one attached hydrogen (secondary N) is 1. The van der Waals surface area contributed by atoms with Gasteiger partial charge in [-0.15, -0.1) is 0 Å². The van der Waals surface area contributed by atoms with Gasteiger partial charge in [-0.25, -0.2) is 4.98 Å². The Kier molecular flexibility index (Phi) is 5.41. The third-order valence-electron chi connectivity index (χ3n) is 5.61. The van der Waals surface area contributed by atoms with E-state index in [0.717, 1.165) is 23.4 Å². The maximum Gasteiger partial charge on any atom is 0.250 e. The van der Waals surface area contributed by atoms with Crippen molar-refractivity contribution in [3.05, 3.63) is 77.0 Å². The van der Waals surface area contributed by atoms with E-state index >= 15 is 0 Å². The van der Waals surface area contributed by atoms with Crippen molar-refractivity contribution < 1.29 is 4.52 Å². The summed E-state index contributed by atoms with van der Waals surface area (Å²) in [6.45, 7) is 4.83. The van der Waals surface area contributed by atoms with Gasteiger partial charge in [0.25, 0.3) is 5.56 Å². The lowest BCUT2D eigenvalue weighted by Crippen LogP contribution is -2.20. The number of hydrogen-bond acceptors (Lipinski definition) is 6. The van der Waals surface area contributed by atoms with Crippen LogP contribution < -0.4 is 10.9 Å². The van der Waals surface area contributed by atoms with Gasteiger partial charge in [-0.2, -0.15) is 0 Å². The summed E-state index contributed by atoms with van der Waals surface area (Å²) in [6, 6.07) is 14.3. The minimum atomic E-state index is -0.0397. The molecule has 1 aromatic carbocycles. The molecule has 162 valence electrons. The maximum absolute atomic E-state index is 12.1. The molecule has 7 heteroatoms. The Morgan fingerprint density at radius 1 is 1.03 bits per heavy atom. The Hall–Kier alpha value is -3.58. The molecule has 0 unspecified atom stereocenters. The average Bonchev–Trinajstić information content (AvgIpc) is 3.52. The summed E-state index contributed by atoms with van der Waals surface area (Å²) in [5, 5.41) is 7.75. The number of rotatable bonds is 7. The van der Waals surface area contributed by atoms with E-state index < -0.39 is 0 Å². The third-order valence-corrected chi connectivity index (χ3v) is 5.61. The van der Waals surface area contributed by atoms with Gasteiger partial charge in [0.2, 0.25) is 0 Å². The van der Waals surface area contributed by atoms with Crippen LogP contribution in [0.15, 0.2) is 70.4 Å². The molecule has 0 amide bonds. The van der Waals surface area contributed by atoms with E-state index in [2.05, 4.69) is 39.7 Å². The van der Waals surface area contributed by atoms with Gasteiger partial charge in [0, 0.05) is 48.1 Å². The van der Waals surface area contributed by atoms with Crippen LogP contribution in [-0.2, 0) is 6.54 Å². The summed E-state index contributed by atoms with van der Waals surface area (Å²) in [7, 11) is 0. The quantitative estimate of drug-likeness (QED) is 0.469. The highest BCUT2D eigenvalue weighted by Gasteiger charge is 2.20. The molecule has 7 nitrogen and oxygen atoms in total. The normalized spacial score (nSPS) is 13.6. The monoisotopic (exact) mass is 427 g/mol. The van der Waals surface area contributed by atoms with Crippen molar-refractivity contribution in [2.24, 2.45) is 0 Å². The zero-order valence-corrected chi connectivity index (χ0v) is 18.2. The third kappa shape index (κ3) is 4.38. The van der Waals surface area contributed by atoms with Gasteiger partial charge >= 0.3 is 0 Å². The lowest BCUT2D eigenvalue weighted by molar-refractivity contribution is 0.433. The van der Waals surface area contributed by atoms with Crippen LogP contribution in [0.25, 0.3) is 34.0 Å². The molecule has 0 atom stereocenters. The molecule has 0 aliphatic heterocycles. The van der Waals surface area contributed by atoms with Crippen LogP contribution in [0.2, 0.25) is 0 Å². The Morgan fingerprint density at radius 2 is 1.78 bits per heavy atom. The summed E-state index contributed by atoms with van der Waals surface area (Å²) in [5.74, 6) is 0.547. The van der Waals surface area contributed by atoms with Crippen molar-refractivity contribution in [2.75, 3.05) is 0 Å². The molecule has 1 saturated carbocycles. The number of nitrogens with zero attached hydrogens (tertiary/aromatic N) is 4. The van der Waals surface area contributed by atoms with E-state index in [4.69, 9.17) is 9.51 Å². The summed E-state index contributed by atoms with van der Waals surface area (Å²) < 4.78 is 7.26. The molecule has 3 heterocycles. The lowest BCUT2D eigenvalue weighted by Gasteiger charge is -2.11. The van der Waals surface area contributed by atoms with Gasteiger partial charge in [0.15, 0.2) is 5.76 Å². The second kappa shape index (κ2) is 8.51. The Labute approximate surface area is 186 Å². The summed E-state index contributed by atoms with van der Waals surface area (Å²) in [5.41, 5.74) is 5.04. The van der Waals surface area contributed by atoms with Crippen LogP contribution in [-0.4, -0.2) is 25.7 Å². The molecular weight excluding hydrogens is 402 g/mol. The van der Waals surface area contributed by atoms with Crippen molar-refractivity contribution in [1.29, 1.82) is 0 Å². The predicted octanol–water partition coefficient (Wildman–Crippen LogP) is 4.46.